The lowest BCUT2D eigenvalue weighted by molar-refractivity contribution is 0.0950. The van der Waals surface area contributed by atoms with Crippen LogP contribution in [0.3, 0.4) is 0 Å². The van der Waals surface area contributed by atoms with Crippen molar-refractivity contribution in [1.82, 2.24) is 9.88 Å². The maximum Gasteiger partial charge on any atom is 0.253 e. The number of carbonyl (C=O) groups excluding carboxylic acids is 1. The molecule has 1 N–H and O–H groups in total. The number of para-hydroxylation sites is 2. The van der Waals surface area contributed by atoms with Crippen molar-refractivity contribution in [2.24, 2.45) is 0 Å². The molecule has 4 rings (SSSR count). The third kappa shape index (κ3) is 3.85. The average molecular weight is 396 g/mol. The third-order valence-electron chi connectivity index (χ3n) is 5.18. The number of hydrogen-bond acceptors (Lipinski definition) is 2. The maximum atomic E-state index is 13.1. The summed E-state index contributed by atoms with van der Waals surface area (Å²) in [5.74, 6) is 0.659. The molecular formula is C26H24N2O2. The highest BCUT2D eigenvalue weighted by Crippen LogP contribution is 2.33. The molecule has 4 nitrogen and oxygen atoms in total. The normalized spacial score (nSPS) is 10.6. The van der Waals surface area contributed by atoms with Gasteiger partial charge in [-0.3, -0.25) is 4.79 Å². The highest BCUT2D eigenvalue weighted by Gasteiger charge is 2.21. The van der Waals surface area contributed by atoms with Crippen molar-refractivity contribution in [3.05, 3.63) is 108 Å². The fourth-order valence-corrected chi connectivity index (χ4v) is 3.66. The number of aromatic nitrogens is 1. The molecule has 150 valence electrons. The first-order valence-corrected chi connectivity index (χ1v) is 9.92. The summed E-state index contributed by atoms with van der Waals surface area (Å²) in [5.41, 5.74) is 5.46. The quantitative estimate of drug-likeness (QED) is 0.475. The van der Waals surface area contributed by atoms with Gasteiger partial charge in [-0.2, -0.15) is 0 Å². The van der Waals surface area contributed by atoms with Gasteiger partial charge in [0.2, 0.25) is 0 Å². The molecule has 0 aliphatic heterocycles. The van der Waals surface area contributed by atoms with Crippen LogP contribution in [0.5, 0.6) is 5.75 Å². The molecule has 0 saturated carbocycles. The lowest BCUT2D eigenvalue weighted by Gasteiger charge is -2.15. The van der Waals surface area contributed by atoms with Gasteiger partial charge in [0.05, 0.1) is 24.1 Å². The largest absolute Gasteiger partial charge is 0.495 e. The van der Waals surface area contributed by atoms with Gasteiger partial charge in [-0.05, 0) is 36.2 Å². The van der Waals surface area contributed by atoms with E-state index in [4.69, 9.17) is 4.74 Å². The van der Waals surface area contributed by atoms with E-state index in [2.05, 4.69) is 9.88 Å². The van der Waals surface area contributed by atoms with E-state index in [9.17, 15) is 4.79 Å². The number of nitrogens with zero attached hydrogens (tertiary/aromatic N) is 1. The summed E-state index contributed by atoms with van der Waals surface area (Å²) >= 11 is 0. The maximum absolute atomic E-state index is 13.1. The Morgan fingerprint density at radius 3 is 2.23 bits per heavy atom. The summed E-state index contributed by atoms with van der Waals surface area (Å²) < 4.78 is 7.69. The van der Waals surface area contributed by atoms with Gasteiger partial charge >= 0.3 is 0 Å². The molecule has 0 fully saturated rings. The lowest BCUT2D eigenvalue weighted by atomic mass is 10.1. The van der Waals surface area contributed by atoms with Gasteiger partial charge in [0.25, 0.3) is 5.91 Å². The van der Waals surface area contributed by atoms with E-state index < -0.39 is 0 Å². The first-order chi connectivity index (χ1) is 14.7. The number of benzene rings is 3. The van der Waals surface area contributed by atoms with E-state index in [0.29, 0.717) is 12.1 Å². The number of carbonyl (C=O) groups is 1. The van der Waals surface area contributed by atoms with Crippen molar-refractivity contribution in [1.29, 1.82) is 0 Å². The van der Waals surface area contributed by atoms with Gasteiger partial charge in [-0.15, -0.1) is 0 Å². The minimum atomic E-state index is -0.0952. The van der Waals surface area contributed by atoms with Crippen LogP contribution >= 0.6 is 0 Å². The summed E-state index contributed by atoms with van der Waals surface area (Å²) in [6, 6.07) is 29.8. The van der Waals surface area contributed by atoms with E-state index in [1.54, 1.807) is 7.11 Å². The van der Waals surface area contributed by atoms with Crippen molar-refractivity contribution in [2.75, 3.05) is 7.11 Å². The van der Waals surface area contributed by atoms with Crippen LogP contribution in [-0.4, -0.2) is 17.6 Å². The minimum absolute atomic E-state index is 0.0952. The molecule has 0 aliphatic rings. The fourth-order valence-electron chi connectivity index (χ4n) is 3.66. The second kappa shape index (κ2) is 8.70. The van der Waals surface area contributed by atoms with Gasteiger partial charge < -0.3 is 14.6 Å². The number of ether oxygens (including phenoxy) is 1. The molecule has 0 atom stereocenters. The molecule has 3 aromatic carbocycles. The van der Waals surface area contributed by atoms with Crippen molar-refractivity contribution >= 4 is 5.91 Å². The second-order valence-electron chi connectivity index (χ2n) is 7.07. The van der Waals surface area contributed by atoms with E-state index in [1.165, 1.54) is 0 Å². The summed E-state index contributed by atoms with van der Waals surface area (Å²) in [6.45, 7) is 2.45. The first-order valence-electron chi connectivity index (χ1n) is 9.92. The second-order valence-corrected chi connectivity index (χ2v) is 7.07. The van der Waals surface area contributed by atoms with Gasteiger partial charge in [0.15, 0.2) is 0 Å². The highest BCUT2D eigenvalue weighted by molar-refractivity contribution is 5.97. The Balaban J connectivity index is 1.77. The first kappa shape index (κ1) is 19.5. The van der Waals surface area contributed by atoms with Gasteiger partial charge in [-0.1, -0.05) is 72.8 Å². The molecule has 30 heavy (non-hydrogen) atoms. The van der Waals surface area contributed by atoms with E-state index in [-0.39, 0.29) is 5.91 Å². The molecule has 4 aromatic rings. The Bertz CT molecular complexity index is 1150. The molecule has 1 amide bonds. The van der Waals surface area contributed by atoms with Crippen LogP contribution in [0.2, 0.25) is 0 Å². The Labute approximate surface area is 176 Å². The molecule has 0 radical (unpaired) electrons. The molecule has 0 aliphatic carbocycles. The minimum Gasteiger partial charge on any atom is -0.495 e. The van der Waals surface area contributed by atoms with E-state index >= 15 is 0 Å². The number of rotatable bonds is 6. The lowest BCUT2D eigenvalue weighted by Crippen LogP contribution is -2.23. The highest BCUT2D eigenvalue weighted by atomic mass is 16.5. The van der Waals surface area contributed by atoms with Crippen molar-refractivity contribution in [3.8, 4) is 22.7 Å². The summed E-state index contributed by atoms with van der Waals surface area (Å²) in [6.07, 6.45) is 0. The van der Waals surface area contributed by atoms with Crippen molar-refractivity contribution in [2.45, 2.75) is 13.5 Å². The van der Waals surface area contributed by atoms with Gasteiger partial charge in [0.1, 0.15) is 5.75 Å². The average Bonchev–Trinajstić information content (AvgIpc) is 3.15. The number of hydrogen-bond donors (Lipinski definition) is 1. The number of amides is 1. The zero-order chi connectivity index (χ0) is 20.9. The number of nitrogens with one attached hydrogen (secondary N) is 1. The SMILES string of the molecule is COc1ccccc1-n1c(-c2ccccc2)cc(C(=O)NCc2ccccc2)c1C. The monoisotopic (exact) mass is 396 g/mol. The summed E-state index contributed by atoms with van der Waals surface area (Å²) in [5, 5.41) is 3.04. The van der Waals surface area contributed by atoms with Crippen LogP contribution in [-0.2, 0) is 6.54 Å². The van der Waals surface area contributed by atoms with Crippen LogP contribution in [0, 0.1) is 6.92 Å². The van der Waals surface area contributed by atoms with Crippen LogP contribution in [0.25, 0.3) is 16.9 Å². The number of methoxy groups -OCH3 is 1. The van der Waals surface area contributed by atoms with Crippen LogP contribution in [0.1, 0.15) is 21.6 Å². The Morgan fingerprint density at radius 2 is 1.53 bits per heavy atom. The molecule has 0 spiro atoms. The predicted octanol–water partition coefficient (Wildman–Crippen LogP) is 5.39. The van der Waals surface area contributed by atoms with Crippen LogP contribution in [0.4, 0.5) is 0 Å². The Kier molecular flexibility index (Phi) is 5.66. The molecule has 1 aromatic heterocycles. The van der Waals surface area contributed by atoms with E-state index in [1.807, 2.05) is 97.9 Å². The fraction of sp³-hybridized carbons (Fsp3) is 0.115. The molecular weight excluding hydrogens is 372 g/mol. The third-order valence-corrected chi connectivity index (χ3v) is 5.18. The topological polar surface area (TPSA) is 43.3 Å². The summed E-state index contributed by atoms with van der Waals surface area (Å²) in [4.78, 5) is 13.1. The smallest absolute Gasteiger partial charge is 0.253 e. The van der Waals surface area contributed by atoms with Crippen molar-refractivity contribution in [3.63, 3.8) is 0 Å². The Hall–Kier alpha value is -3.79. The van der Waals surface area contributed by atoms with Gasteiger partial charge in [0, 0.05) is 12.2 Å². The standard InChI is InChI=1S/C26H24N2O2/c1-19-22(26(29)27-18-20-11-5-3-6-12-20)17-24(21-13-7-4-8-14-21)28(19)23-15-9-10-16-25(23)30-2/h3-17H,18H2,1-2H3,(H,27,29). The molecule has 4 heteroatoms. The van der Waals surface area contributed by atoms with E-state index in [0.717, 1.165) is 34.0 Å². The molecule has 0 bridgehead atoms. The van der Waals surface area contributed by atoms with Gasteiger partial charge in [-0.25, -0.2) is 0 Å². The zero-order valence-corrected chi connectivity index (χ0v) is 17.1. The van der Waals surface area contributed by atoms with Crippen molar-refractivity contribution < 1.29 is 9.53 Å². The summed E-state index contributed by atoms with van der Waals surface area (Å²) in [7, 11) is 1.66. The molecule has 0 saturated heterocycles. The molecule has 0 unspecified atom stereocenters. The predicted molar refractivity (Wildman–Crippen MR) is 120 cm³/mol. The molecule has 1 heterocycles. The van der Waals surface area contributed by atoms with Crippen LogP contribution in [0.15, 0.2) is 91.0 Å². The van der Waals surface area contributed by atoms with Crippen LogP contribution < -0.4 is 10.1 Å². The Morgan fingerprint density at radius 1 is 0.900 bits per heavy atom. The zero-order valence-electron chi connectivity index (χ0n) is 17.1.